The summed E-state index contributed by atoms with van der Waals surface area (Å²) in [6.45, 7) is 0. The summed E-state index contributed by atoms with van der Waals surface area (Å²) >= 11 is 5.53. The van der Waals surface area contributed by atoms with Crippen LogP contribution in [0, 0.1) is 11.8 Å². The average molecular weight is 232 g/mol. The lowest BCUT2D eigenvalue weighted by molar-refractivity contribution is 1.29. The zero-order chi connectivity index (χ0) is 11.4. The number of fused-ring (bicyclic) bond motifs is 1. The second kappa shape index (κ2) is 4.87. The van der Waals surface area contributed by atoms with Gasteiger partial charge in [-0.15, -0.1) is 11.6 Å². The van der Waals surface area contributed by atoms with Crippen molar-refractivity contribution in [3.8, 4) is 11.8 Å². The highest BCUT2D eigenvalue weighted by atomic mass is 35.5. The summed E-state index contributed by atoms with van der Waals surface area (Å²) in [5, 5.41) is 0.667. The van der Waals surface area contributed by atoms with Crippen molar-refractivity contribution in [3.05, 3.63) is 46.2 Å². The molecular formula is C13H10ClNO. The summed E-state index contributed by atoms with van der Waals surface area (Å²) in [7, 11) is 0. The van der Waals surface area contributed by atoms with E-state index >= 15 is 0 Å². The Morgan fingerprint density at radius 1 is 1.31 bits per heavy atom. The highest BCUT2D eigenvalue weighted by Gasteiger charge is 1.97. The smallest absolute Gasteiger partial charge is 0.189 e. The Bertz CT molecular complexity index is 619. The van der Waals surface area contributed by atoms with Crippen LogP contribution in [0.25, 0.3) is 10.9 Å². The molecule has 0 aliphatic carbocycles. The lowest BCUT2D eigenvalue weighted by atomic mass is 10.1. The number of benzene rings is 1. The molecule has 1 aromatic heterocycles. The lowest BCUT2D eigenvalue weighted by Gasteiger charge is -1.96. The van der Waals surface area contributed by atoms with Crippen molar-refractivity contribution in [3.63, 3.8) is 0 Å². The summed E-state index contributed by atoms with van der Waals surface area (Å²) in [4.78, 5) is 14.6. The van der Waals surface area contributed by atoms with Crippen molar-refractivity contribution in [2.75, 3.05) is 5.88 Å². The van der Waals surface area contributed by atoms with Crippen molar-refractivity contribution in [2.24, 2.45) is 0 Å². The van der Waals surface area contributed by atoms with Crippen LogP contribution in [0.2, 0.25) is 0 Å². The maximum Gasteiger partial charge on any atom is 0.189 e. The molecule has 3 heteroatoms. The molecule has 80 valence electrons. The standard InChI is InChI=1S/C13H10ClNO/c14-7-2-1-3-10-4-5-12-11(9-10)13(16)6-8-15-12/h4-6,8-9H,2,7H2,(H,15,16). The molecule has 0 spiro atoms. The van der Waals surface area contributed by atoms with Crippen molar-refractivity contribution in [1.29, 1.82) is 0 Å². The van der Waals surface area contributed by atoms with Crippen molar-refractivity contribution in [2.45, 2.75) is 6.42 Å². The normalized spacial score (nSPS) is 9.81. The summed E-state index contributed by atoms with van der Waals surface area (Å²) in [5.74, 6) is 6.45. The minimum Gasteiger partial charge on any atom is -0.361 e. The molecule has 0 unspecified atom stereocenters. The van der Waals surface area contributed by atoms with Gasteiger partial charge in [0.2, 0.25) is 0 Å². The first-order valence-corrected chi connectivity index (χ1v) is 5.51. The number of aromatic nitrogens is 1. The molecule has 0 aliphatic heterocycles. The molecule has 0 bridgehead atoms. The largest absolute Gasteiger partial charge is 0.361 e. The van der Waals surface area contributed by atoms with E-state index in [-0.39, 0.29) is 5.43 Å². The van der Waals surface area contributed by atoms with E-state index in [0.29, 0.717) is 17.7 Å². The van der Waals surface area contributed by atoms with Gasteiger partial charge in [0.15, 0.2) is 5.43 Å². The first-order chi connectivity index (χ1) is 7.81. The SMILES string of the molecule is O=c1cc[nH]c2ccc(C#CCCCl)cc12. The number of hydrogen-bond acceptors (Lipinski definition) is 1. The van der Waals surface area contributed by atoms with E-state index in [2.05, 4.69) is 16.8 Å². The molecule has 0 radical (unpaired) electrons. The molecule has 2 aromatic rings. The summed E-state index contributed by atoms with van der Waals surface area (Å²) in [6, 6.07) is 7.06. The number of nitrogens with one attached hydrogen (secondary N) is 1. The molecule has 0 fully saturated rings. The van der Waals surface area contributed by atoms with Gasteiger partial charge in [0, 0.05) is 41.0 Å². The predicted octanol–water partition coefficient (Wildman–Crippen LogP) is 2.51. The highest BCUT2D eigenvalue weighted by Crippen LogP contribution is 2.08. The minimum absolute atomic E-state index is 0.00902. The summed E-state index contributed by atoms with van der Waals surface area (Å²) < 4.78 is 0. The van der Waals surface area contributed by atoms with Gasteiger partial charge in [0.25, 0.3) is 0 Å². The molecule has 1 N–H and O–H groups in total. The van der Waals surface area contributed by atoms with E-state index in [1.165, 1.54) is 6.07 Å². The van der Waals surface area contributed by atoms with Crippen LogP contribution in [-0.2, 0) is 0 Å². The van der Waals surface area contributed by atoms with Gasteiger partial charge < -0.3 is 4.98 Å². The van der Waals surface area contributed by atoms with E-state index in [0.717, 1.165) is 11.1 Å². The fourth-order valence-electron chi connectivity index (χ4n) is 1.46. The van der Waals surface area contributed by atoms with Gasteiger partial charge >= 0.3 is 0 Å². The molecule has 0 saturated carbocycles. The quantitative estimate of drug-likeness (QED) is 0.594. The van der Waals surface area contributed by atoms with Crippen LogP contribution in [0.4, 0.5) is 0 Å². The van der Waals surface area contributed by atoms with Gasteiger partial charge in [-0.25, -0.2) is 0 Å². The monoisotopic (exact) mass is 231 g/mol. The van der Waals surface area contributed by atoms with Crippen molar-refractivity contribution in [1.82, 2.24) is 4.98 Å². The fourth-order valence-corrected chi connectivity index (χ4v) is 1.55. The Labute approximate surface area is 98.3 Å². The third-order valence-corrected chi connectivity index (χ3v) is 2.40. The van der Waals surface area contributed by atoms with Gasteiger partial charge in [0.05, 0.1) is 0 Å². The zero-order valence-corrected chi connectivity index (χ0v) is 9.34. The number of rotatable bonds is 1. The van der Waals surface area contributed by atoms with E-state index < -0.39 is 0 Å². The maximum absolute atomic E-state index is 11.6. The molecule has 2 rings (SSSR count). The number of pyridine rings is 1. The number of hydrogen-bond donors (Lipinski definition) is 1. The molecule has 1 heterocycles. The number of aromatic amines is 1. The second-order valence-electron chi connectivity index (χ2n) is 3.34. The van der Waals surface area contributed by atoms with Gasteiger partial charge in [-0.1, -0.05) is 11.8 Å². The number of halogens is 1. The predicted molar refractivity (Wildman–Crippen MR) is 66.8 cm³/mol. The number of H-pyrrole nitrogens is 1. The fraction of sp³-hybridized carbons (Fsp3) is 0.154. The molecule has 1 aromatic carbocycles. The maximum atomic E-state index is 11.6. The van der Waals surface area contributed by atoms with Gasteiger partial charge in [-0.2, -0.15) is 0 Å². The molecule has 2 nitrogen and oxygen atoms in total. The van der Waals surface area contributed by atoms with Gasteiger partial charge in [-0.3, -0.25) is 4.79 Å². The summed E-state index contributed by atoms with van der Waals surface area (Å²) in [5.41, 5.74) is 1.68. The molecular weight excluding hydrogens is 222 g/mol. The van der Waals surface area contributed by atoms with Gasteiger partial charge in [0.1, 0.15) is 0 Å². The van der Waals surface area contributed by atoms with Crippen LogP contribution in [-0.4, -0.2) is 10.9 Å². The lowest BCUT2D eigenvalue weighted by Crippen LogP contribution is -1.99. The van der Waals surface area contributed by atoms with Crippen LogP contribution in [0.3, 0.4) is 0 Å². The van der Waals surface area contributed by atoms with E-state index in [4.69, 9.17) is 11.6 Å². The van der Waals surface area contributed by atoms with Crippen LogP contribution >= 0.6 is 11.6 Å². The van der Waals surface area contributed by atoms with Crippen molar-refractivity contribution >= 4 is 22.5 Å². The average Bonchev–Trinajstić information content (AvgIpc) is 2.30. The second-order valence-corrected chi connectivity index (χ2v) is 3.72. The van der Waals surface area contributed by atoms with E-state index in [9.17, 15) is 4.79 Å². The zero-order valence-electron chi connectivity index (χ0n) is 8.59. The molecule has 0 amide bonds. The third-order valence-electron chi connectivity index (χ3n) is 2.21. The molecule has 16 heavy (non-hydrogen) atoms. The van der Waals surface area contributed by atoms with E-state index in [1.54, 1.807) is 12.3 Å². The third kappa shape index (κ3) is 2.26. The Balaban J connectivity index is 2.49. The van der Waals surface area contributed by atoms with Crippen LogP contribution < -0.4 is 5.43 Å². The van der Waals surface area contributed by atoms with Crippen molar-refractivity contribution < 1.29 is 0 Å². The minimum atomic E-state index is 0.00902. The van der Waals surface area contributed by atoms with Gasteiger partial charge in [-0.05, 0) is 18.2 Å². The Morgan fingerprint density at radius 2 is 2.19 bits per heavy atom. The molecule has 0 atom stereocenters. The summed E-state index contributed by atoms with van der Waals surface area (Å²) in [6.07, 6.45) is 2.30. The first-order valence-electron chi connectivity index (χ1n) is 4.97. The Kier molecular flexibility index (Phi) is 3.28. The molecule has 0 saturated heterocycles. The number of alkyl halides is 1. The highest BCUT2D eigenvalue weighted by molar-refractivity contribution is 6.18. The Hall–Kier alpha value is -1.72. The Morgan fingerprint density at radius 3 is 3.00 bits per heavy atom. The van der Waals surface area contributed by atoms with Crippen LogP contribution in [0.15, 0.2) is 35.3 Å². The molecule has 0 aliphatic rings. The van der Waals surface area contributed by atoms with E-state index in [1.807, 2.05) is 12.1 Å². The first kappa shape index (κ1) is 10.8. The van der Waals surface area contributed by atoms with Crippen LogP contribution in [0.1, 0.15) is 12.0 Å². The van der Waals surface area contributed by atoms with Crippen LogP contribution in [0.5, 0.6) is 0 Å². The topological polar surface area (TPSA) is 32.9 Å².